The first-order chi connectivity index (χ1) is 5.24. The van der Waals surface area contributed by atoms with Crippen molar-refractivity contribution in [3.8, 4) is 0 Å². The Hall–Kier alpha value is -1.52. The number of hydrogen-bond donors (Lipinski definition) is 3. The summed E-state index contributed by atoms with van der Waals surface area (Å²) >= 11 is 0. The number of rotatable bonds is 3. The second kappa shape index (κ2) is 3.05. The second-order valence-electron chi connectivity index (χ2n) is 2.00. The molecule has 11 heavy (non-hydrogen) atoms. The lowest BCUT2D eigenvalue weighted by atomic mass is 10.4. The minimum absolute atomic E-state index is 0.0981. The molecule has 1 aromatic rings. The highest BCUT2D eigenvalue weighted by atomic mass is 16.4. The molecule has 0 aromatic carbocycles. The molecule has 0 atom stereocenters. The molecule has 1 aromatic heterocycles. The van der Waals surface area contributed by atoms with Crippen molar-refractivity contribution in [3.63, 3.8) is 0 Å². The van der Waals surface area contributed by atoms with E-state index in [0.717, 1.165) is 6.54 Å². The van der Waals surface area contributed by atoms with Crippen LogP contribution in [0.25, 0.3) is 0 Å². The molecule has 60 valence electrons. The summed E-state index contributed by atoms with van der Waals surface area (Å²) in [6.07, 6.45) is 0. The Morgan fingerprint density at radius 2 is 2.64 bits per heavy atom. The van der Waals surface area contributed by atoms with Crippen molar-refractivity contribution < 1.29 is 9.90 Å². The summed E-state index contributed by atoms with van der Waals surface area (Å²) in [6, 6.07) is 1.45. The van der Waals surface area contributed by atoms with E-state index in [2.05, 4.69) is 15.5 Å². The van der Waals surface area contributed by atoms with Gasteiger partial charge in [-0.25, -0.2) is 4.79 Å². The minimum atomic E-state index is -0.998. The van der Waals surface area contributed by atoms with E-state index in [1.54, 1.807) is 0 Å². The van der Waals surface area contributed by atoms with Crippen LogP contribution in [0.4, 0.5) is 5.82 Å². The number of anilines is 1. The Kier molecular flexibility index (Phi) is 2.10. The average molecular weight is 155 g/mol. The second-order valence-corrected chi connectivity index (χ2v) is 2.00. The molecular formula is C6H9N3O2. The molecule has 0 saturated carbocycles. The normalized spacial score (nSPS) is 9.55. The van der Waals surface area contributed by atoms with Gasteiger partial charge in [-0.3, -0.25) is 5.10 Å². The maximum absolute atomic E-state index is 10.3. The molecule has 0 aliphatic rings. The van der Waals surface area contributed by atoms with E-state index < -0.39 is 5.97 Å². The highest BCUT2D eigenvalue weighted by Gasteiger charge is 2.05. The first-order valence-electron chi connectivity index (χ1n) is 3.26. The smallest absolute Gasteiger partial charge is 0.353 e. The zero-order chi connectivity index (χ0) is 8.27. The summed E-state index contributed by atoms with van der Waals surface area (Å²) in [6.45, 7) is 2.64. The fourth-order valence-electron chi connectivity index (χ4n) is 0.703. The summed E-state index contributed by atoms with van der Waals surface area (Å²) in [4.78, 5) is 10.3. The Bertz CT molecular complexity index is 256. The van der Waals surface area contributed by atoms with Crippen molar-refractivity contribution in [2.45, 2.75) is 6.92 Å². The van der Waals surface area contributed by atoms with Crippen LogP contribution in [-0.2, 0) is 0 Å². The lowest BCUT2D eigenvalue weighted by Crippen LogP contribution is -1.96. The van der Waals surface area contributed by atoms with Crippen LogP contribution < -0.4 is 5.32 Å². The monoisotopic (exact) mass is 155 g/mol. The van der Waals surface area contributed by atoms with Crippen molar-refractivity contribution >= 4 is 11.8 Å². The fraction of sp³-hybridized carbons (Fsp3) is 0.333. The van der Waals surface area contributed by atoms with Crippen molar-refractivity contribution in [3.05, 3.63) is 11.8 Å². The molecule has 1 heterocycles. The molecule has 5 nitrogen and oxygen atoms in total. The average Bonchev–Trinajstić information content (AvgIpc) is 2.37. The van der Waals surface area contributed by atoms with Gasteiger partial charge in [0.1, 0.15) is 11.5 Å². The molecule has 0 spiro atoms. The Labute approximate surface area is 63.4 Å². The van der Waals surface area contributed by atoms with Gasteiger partial charge in [-0.1, -0.05) is 0 Å². The van der Waals surface area contributed by atoms with Gasteiger partial charge >= 0.3 is 5.97 Å². The maximum Gasteiger partial charge on any atom is 0.353 e. The van der Waals surface area contributed by atoms with Crippen molar-refractivity contribution in [1.82, 2.24) is 10.2 Å². The zero-order valence-electron chi connectivity index (χ0n) is 6.09. The van der Waals surface area contributed by atoms with Crippen LogP contribution in [0.5, 0.6) is 0 Å². The van der Waals surface area contributed by atoms with Crippen LogP contribution in [-0.4, -0.2) is 27.8 Å². The van der Waals surface area contributed by atoms with Crippen LogP contribution in [0.1, 0.15) is 17.4 Å². The molecule has 1 rings (SSSR count). The quantitative estimate of drug-likeness (QED) is 0.595. The van der Waals surface area contributed by atoms with Gasteiger partial charge < -0.3 is 10.4 Å². The predicted molar refractivity (Wildman–Crippen MR) is 39.7 cm³/mol. The van der Waals surface area contributed by atoms with E-state index in [4.69, 9.17) is 5.11 Å². The number of hydrogen-bond acceptors (Lipinski definition) is 3. The van der Waals surface area contributed by atoms with Gasteiger partial charge in [-0.05, 0) is 6.92 Å². The largest absolute Gasteiger partial charge is 0.477 e. The first-order valence-corrected chi connectivity index (χ1v) is 3.26. The molecule has 5 heteroatoms. The number of aromatic amines is 1. The molecule has 0 unspecified atom stereocenters. The Balaban J connectivity index is 2.73. The predicted octanol–water partition coefficient (Wildman–Crippen LogP) is 0.540. The Morgan fingerprint density at radius 3 is 3.09 bits per heavy atom. The molecule has 0 radical (unpaired) electrons. The summed E-state index contributed by atoms with van der Waals surface area (Å²) in [5.74, 6) is -0.438. The van der Waals surface area contributed by atoms with E-state index >= 15 is 0 Å². The summed E-state index contributed by atoms with van der Waals surface area (Å²) in [5.41, 5.74) is 0.0981. The number of nitrogens with zero attached hydrogens (tertiary/aromatic N) is 1. The lowest BCUT2D eigenvalue weighted by Gasteiger charge is -1.92. The van der Waals surface area contributed by atoms with Crippen molar-refractivity contribution in [2.24, 2.45) is 0 Å². The molecule has 3 N–H and O–H groups in total. The van der Waals surface area contributed by atoms with Crippen LogP contribution in [0.3, 0.4) is 0 Å². The van der Waals surface area contributed by atoms with Gasteiger partial charge in [-0.15, -0.1) is 0 Å². The SMILES string of the molecule is CCNc1cc(C(=O)O)[nH]n1. The van der Waals surface area contributed by atoms with Gasteiger partial charge in [0.2, 0.25) is 0 Å². The number of carboxylic acids is 1. The van der Waals surface area contributed by atoms with Crippen LogP contribution in [0.15, 0.2) is 6.07 Å². The molecular weight excluding hydrogens is 146 g/mol. The molecule has 0 aliphatic heterocycles. The van der Waals surface area contributed by atoms with E-state index in [1.165, 1.54) is 6.07 Å². The standard InChI is InChI=1S/C6H9N3O2/c1-2-7-5-3-4(6(10)11)8-9-5/h3H,2H2,1H3,(H,10,11)(H2,7,8,9). The number of aromatic nitrogens is 2. The lowest BCUT2D eigenvalue weighted by molar-refractivity contribution is 0.0690. The maximum atomic E-state index is 10.3. The van der Waals surface area contributed by atoms with Gasteiger partial charge in [0.15, 0.2) is 0 Å². The number of H-pyrrole nitrogens is 1. The van der Waals surface area contributed by atoms with E-state index in [-0.39, 0.29) is 5.69 Å². The van der Waals surface area contributed by atoms with Crippen LogP contribution >= 0.6 is 0 Å². The van der Waals surface area contributed by atoms with Crippen LogP contribution in [0, 0.1) is 0 Å². The minimum Gasteiger partial charge on any atom is -0.477 e. The molecule has 0 fully saturated rings. The summed E-state index contributed by atoms with van der Waals surface area (Å²) in [5, 5.41) is 17.4. The fourth-order valence-corrected chi connectivity index (χ4v) is 0.703. The van der Waals surface area contributed by atoms with Crippen molar-refractivity contribution in [1.29, 1.82) is 0 Å². The first kappa shape index (κ1) is 7.59. The molecule has 0 bridgehead atoms. The molecule has 0 saturated heterocycles. The number of carboxylic acid groups (broad SMARTS) is 1. The highest BCUT2D eigenvalue weighted by Crippen LogP contribution is 2.03. The number of aromatic carboxylic acids is 1. The summed E-state index contributed by atoms with van der Waals surface area (Å²) in [7, 11) is 0. The van der Waals surface area contributed by atoms with Gasteiger partial charge in [-0.2, -0.15) is 5.10 Å². The van der Waals surface area contributed by atoms with Crippen LogP contribution in [0.2, 0.25) is 0 Å². The van der Waals surface area contributed by atoms with Gasteiger partial charge in [0.05, 0.1) is 0 Å². The van der Waals surface area contributed by atoms with E-state index in [0.29, 0.717) is 5.82 Å². The van der Waals surface area contributed by atoms with E-state index in [1.807, 2.05) is 6.92 Å². The number of carbonyl (C=O) groups is 1. The summed E-state index contributed by atoms with van der Waals surface area (Å²) < 4.78 is 0. The number of nitrogens with one attached hydrogen (secondary N) is 2. The molecule has 0 amide bonds. The highest BCUT2D eigenvalue weighted by molar-refractivity contribution is 5.86. The third kappa shape index (κ3) is 1.70. The van der Waals surface area contributed by atoms with Gasteiger partial charge in [0, 0.05) is 12.6 Å². The Morgan fingerprint density at radius 1 is 1.91 bits per heavy atom. The molecule has 0 aliphatic carbocycles. The van der Waals surface area contributed by atoms with E-state index in [9.17, 15) is 4.79 Å². The topological polar surface area (TPSA) is 78.0 Å². The van der Waals surface area contributed by atoms with Crippen molar-refractivity contribution in [2.75, 3.05) is 11.9 Å². The third-order valence-electron chi connectivity index (χ3n) is 1.17. The third-order valence-corrected chi connectivity index (χ3v) is 1.17. The zero-order valence-corrected chi connectivity index (χ0v) is 6.09. The van der Waals surface area contributed by atoms with Gasteiger partial charge in [0.25, 0.3) is 0 Å².